The molecule has 0 unspecified atom stereocenters. The highest BCUT2D eigenvalue weighted by atomic mass is 16.3. The van der Waals surface area contributed by atoms with E-state index in [9.17, 15) is 15.0 Å². The van der Waals surface area contributed by atoms with Gasteiger partial charge in [0.15, 0.2) is 5.78 Å². The van der Waals surface area contributed by atoms with Crippen molar-refractivity contribution < 1.29 is 15.0 Å². The molecule has 3 nitrogen and oxygen atoms in total. The molecule has 3 heteroatoms. The fourth-order valence-electron chi connectivity index (χ4n) is 10.7. The summed E-state index contributed by atoms with van der Waals surface area (Å²) in [5.74, 6) is 5.41. The second-order valence-electron chi connectivity index (χ2n) is 14.6. The molecule has 0 aromatic heterocycles. The van der Waals surface area contributed by atoms with Gasteiger partial charge in [-0.15, -0.1) is 0 Å². The van der Waals surface area contributed by atoms with Gasteiger partial charge in [-0.3, -0.25) is 4.79 Å². The van der Waals surface area contributed by atoms with Crippen molar-refractivity contribution in [3.8, 4) is 0 Å². The van der Waals surface area contributed by atoms with E-state index in [2.05, 4.69) is 48.5 Å². The summed E-state index contributed by atoms with van der Waals surface area (Å²) in [6.45, 7) is 17.1. The van der Waals surface area contributed by atoms with Gasteiger partial charge in [-0.25, -0.2) is 0 Å². The third-order valence-corrected chi connectivity index (χ3v) is 13.3. The van der Waals surface area contributed by atoms with Crippen LogP contribution in [0.5, 0.6) is 0 Å². The predicted octanol–water partition coefficient (Wildman–Crippen LogP) is 6.25. The monoisotopic (exact) mass is 458 g/mol. The van der Waals surface area contributed by atoms with Crippen molar-refractivity contribution in [3.63, 3.8) is 0 Å². The first-order chi connectivity index (χ1) is 15.3. The molecule has 0 spiro atoms. The van der Waals surface area contributed by atoms with Crippen molar-refractivity contribution in [3.05, 3.63) is 0 Å². The maximum Gasteiger partial charge on any atom is 0.165 e. The summed E-state index contributed by atoms with van der Waals surface area (Å²) in [6, 6.07) is 0. The van der Waals surface area contributed by atoms with Crippen molar-refractivity contribution in [1.29, 1.82) is 0 Å². The van der Waals surface area contributed by atoms with Crippen LogP contribution in [-0.4, -0.2) is 27.7 Å². The maximum absolute atomic E-state index is 13.4. The molecule has 5 fully saturated rings. The summed E-state index contributed by atoms with van der Waals surface area (Å²) in [7, 11) is 0. The van der Waals surface area contributed by atoms with Crippen LogP contribution in [-0.2, 0) is 4.79 Å². The number of carbonyl (C=O) groups excluding carboxylic acids is 1. The minimum absolute atomic E-state index is 0.0336. The van der Waals surface area contributed by atoms with Crippen molar-refractivity contribution in [2.75, 3.05) is 0 Å². The molecule has 0 saturated heterocycles. The van der Waals surface area contributed by atoms with Crippen LogP contribution in [0.2, 0.25) is 0 Å². The molecule has 0 aromatic rings. The van der Waals surface area contributed by atoms with Crippen molar-refractivity contribution in [2.24, 2.45) is 63.6 Å². The Hall–Kier alpha value is -0.410. The van der Waals surface area contributed by atoms with Crippen LogP contribution in [0.25, 0.3) is 0 Å². The number of rotatable bonds is 4. The van der Waals surface area contributed by atoms with Crippen molar-refractivity contribution in [2.45, 2.75) is 118 Å². The number of Topliss-reactive ketones (excluding diaryl/α,β-unsaturated/α-hetero) is 1. The normalized spacial score (nSPS) is 55.5. The smallest absolute Gasteiger partial charge is 0.165 e. The molecule has 0 radical (unpaired) electrons. The quantitative estimate of drug-likeness (QED) is 0.523. The number of ketones is 1. The second-order valence-corrected chi connectivity index (χ2v) is 14.6. The highest BCUT2D eigenvalue weighted by molar-refractivity contribution is 5.89. The van der Waals surface area contributed by atoms with E-state index in [1.165, 1.54) is 25.7 Å². The Balaban J connectivity index is 1.38. The highest BCUT2D eigenvalue weighted by Crippen LogP contribution is 2.71. The summed E-state index contributed by atoms with van der Waals surface area (Å²) in [5, 5.41) is 21.9. The van der Waals surface area contributed by atoms with E-state index in [0.717, 1.165) is 48.9 Å². The van der Waals surface area contributed by atoms with Gasteiger partial charge in [0.2, 0.25) is 0 Å². The van der Waals surface area contributed by atoms with Crippen LogP contribution >= 0.6 is 0 Å². The first-order valence-corrected chi connectivity index (χ1v) is 14.2. The molecule has 5 saturated carbocycles. The van der Waals surface area contributed by atoms with Gasteiger partial charge in [0.05, 0.1) is 6.10 Å². The molecule has 5 aliphatic carbocycles. The summed E-state index contributed by atoms with van der Waals surface area (Å²) in [4.78, 5) is 13.4. The van der Waals surface area contributed by atoms with Crippen LogP contribution in [0.4, 0.5) is 0 Å². The molecule has 2 N–H and O–H groups in total. The number of carbonyl (C=O) groups is 1. The summed E-state index contributed by atoms with van der Waals surface area (Å²) >= 11 is 0. The van der Waals surface area contributed by atoms with E-state index in [-0.39, 0.29) is 17.6 Å². The predicted molar refractivity (Wildman–Crippen MR) is 132 cm³/mol. The minimum atomic E-state index is -1.31. The lowest BCUT2D eigenvalue weighted by Crippen LogP contribution is -2.67. The standard InChI is InChI=1S/C30H50O3/c1-17(2)19(4)28(6)16-25(28)18(3)22-8-9-23-21-14-26(32)30(33)15-20(31)10-13-29(30,7)24(21)11-12-27(22,23)5/h17-25,31,33H,8-16H2,1-7H3/t18-,19+,20+,21-,22+,23-,24-,25+,27+,28+,29+,30+/m0/s1. The number of aliphatic hydroxyl groups is 2. The van der Waals surface area contributed by atoms with Gasteiger partial charge >= 0.3 is 0 Å². The molecule has 0 heterocycles. The van der Waals surface area contributed by atoms with Crippen molar-refractivity contribution in [1.82, 2.24) is 0 Å². The van der Waals surface area contributed by atoms with Crippen LogP contribution < -0.4 is 0 Å². The molecule has 33 heavy (non-hydrogen) atoms. The molecule has 188 valence electrons. The van der Waals surface area contributed by atoms with E-state index >= 15 is 0 Å². The topological polar surface area (TPSA) is 57.5 Å². The third-order valence-electron chi connectivity index (χ3n) is 13.3. The Morgan fingerprint density at radius 1 is 0.879 bits per heavy atom. The lowest BCUT2D eigenvalue weighted by Gasteiger charge is -2.63. The van der Waals surface area contributed by atoms with Crippen LogP contribution in [0.15, 0.2) is 0 Å². The first-order valence-electron chi connectivity index (χ1n) is 14.2. The van der Waals surface area contributed by atoms with Gasteiger partial charge in [0.25, 0.3) is 0 Å². The summed E-state index contributed by atoms with van der Waals surface area (Å²) in [6.07, 6.45) is 8.14. The van der Waals surface area contributed by atoms with Gasteiger partial charge in [-0.1, -0.05) is 48.5 Å². The zero-order valence-electron chi connectivity index (χ0n) is 22.4. The Kier molecular flexibility index (Phi) is 5.55. The average Bonchev–Trinajstić information content (AvgIpc) is 3.31. The van der Waals surface area contributed by atoms with E-state index in [1.807, 2.05) is 0 Å². The first kappa shape index (κ1) is 24.3. The zero-order chi connectivity index (χ0) is 24.1. The van der Waals surface area contributed by atoms with E-state index in [1.54, 1.807) is 0 Å². The molecular weight excluding hydrogens is 408 g/mol. The Bertz CT molecular complexity index is 806. The molecule has 0 aromatic carbocycles. The van der Waals surface area contributed by atoms with Gasteiger partial charge in [-0.2, -0.15) is 0 Å². The van der Waals surface area contributed by atoms with Gasteiger partial charge in [-0.05, 0) is 103 Å². The SMILES string of the molecule is CC(C)[C@@H](C)[C@@]1(C)C[C@@H]1[C@@H](C)[C@H]1CC[C@H]2[C@@H]3CC(=O)[C@]4(O)C[C@H](O)CC[C@]4(C)[C@H]3CC[C@]12C. The largest absolute Gasteiger partial charge is 0.393 e. The molecule has 0 aliphatic heterocycles. The van der Waals surface area contributed by atoms with Crippen LogP contribution in [0, 0.1) is 63.6 Å². The van der Waals surface area contributed by atoms with Gasteiger partial charge in [0.1, 0.15) is 5.60 Å². The lowest BCUT2D eigenvalue weighted by molar-refractivity contribution is -0.213. The highest BCUT2D eigenvalue weighted by Gasteiger charge is 2.68. The Morgan fingerprint density at radius 3 is 2.24 bits per heavy atom. The zero-order valence-corrected chi connectivity index (χ0v) is 22.4. The molecule has 5 rings (SSSR count). The molecule has 5 aliphatic rings. The molecule has 0 bridgehead atoms. The fraction of sp³-hybridized carbons (Fsp3) is 0.967. The third kappa shape index (κ3) is 3.16. The fourth-order valence-corrected chi connectivity index (χ4v) is 10.7. The maximum atomic E-state index is 13.4. The lowest BCUT2D eigenvalue weighted by atomic mass is 9.42. The molecule has 0 amide bonds. The Labute approximate surface area is 202 Å². The van der Waals surface area contributed by atoms with Crippen LogP contribution in [0.3, 0.4) is 0 Å². The average molecular weight is 459 g/mol. The Morgan fingerprint density at radius 2 is 1.58 bits per heavy atom. The number of fused-ring (bicyclic) bond motifs is 5. The van der Waals surface area contributed by atoms with Crippen LogP contribution in [0.1, 0.15) is 106 Å². The van der Waals surface area contributed by atoms with Gasteiger partial charge < -0.3 is 10.2 Å². The minimum Gasteiger partial charge on any atom is -0.393 e. The van der Waals surface area contributed by atoms with E-state index < -0.39 is 11.7 Å². The van der Waals surface area contributed by atoms with Gasteiger partial charge in [0, 0.05) is 18.3 Å². The van der Waals surface area contributed by atoms with Crippen molar-refractivity contribution >= 4 is 5.78 Å². The number of hydrogen-bond donors (Lipinski definition) is 2. The van der Waals surface area contributed by atoms with E-state index in [0.29, 0.717) is 35.0 Å². The second kappa shape index (κ2) is 7.55. The summed E-state index contributed by atoms with van der Waals surface area (Å²) in [5.41, 5.74) is -0.828. The number of hydrogen-bond acceptors (Lipinski definition) is 3. The summed E-state index contributed by atoms with van der Waals surface area (Å²) < 4.78 is 0. The molecule has 12 atom stereocenters. The molecular formula is C30H50O3. The number of aliphatic hydroxyl groups excluding tert-OH is 1. The van der Waals surface area contributed by atoms with E-state index in [4.69, 9.17) is 0 Å².